The number of nitrogens with one attached hydrogen (secondary N) is 1. The lowest BCUT2D eigenvalue weighted by Gasteiger charge is -2.29. The molecule has 7 heteroatoms. The molecule has 0 aromatic heterocycles. The predicted octanol–water partition coefficient (Wildman–Crippen LogP) is 6.28. The average molecular weight is 546 g/mol. The van der Waals surface area contributed by atoms with E-state index in [9.17, 15) is 14.4 Å². The number of rotatable bonds is 11. The molecule has 0 heterocycles. The average Bonchev–Trinajstić information content (AvgIpc) is 2.94. The standard InChI is InChI=1S/C33H39NO6/c1-33(2,3)40-31(36)22-38-27-16-18-29(19-17-27)39-28-14-12-24(13-15-28)30(35)9-6-20-34-32(37)26-11-10-23-7-4-5-8-25(23)21-26/h4-5,7-8,10-15,21,27,29H,6,9,16-20,22H2,1-3H3,(H,34,37). The number of Topliss-reactive ketones (excluding diaryl/α,β-unsaturated/α-hetero) is 1. The minimum Gasteiger partial charge on any atom is -0.490 e. The van der Waals surface area contributed by atoms with Crippen molar-refractivity contribution in [1.29, 1.82) is 0 Å². The number of carbonyl (C=O) groups is 3. The van der Waals surface area contributed by atoms with E-state index in [-0.39, 0.29) is 36.5 Å². The van der Waals surface area contributed by atoms with Crippen LogP contribution in [0.3, 0.4) is 0 Å². The van der Waals surface area contributed by atoms with Crippen LogP contribution in [0.1, 0.15) is 80.0 Å². The van der Waals surface area contributed by atoms with Gasteiger partial charge in [0, 0.05) is 24.1 Å². The highest BCUT2D eigenvalue weighted by atomic mass is 16.6. The molecule has 212 valence electrons. The Morgan fingerprint density at radius 1 is 0.825 bits per heavy atom. The van der Waals surface area contributed by atoms with Crippen molar-refractivity contribution >= 4 is 28.4 Å². The van der Waals surface area contributed by atoms with Gasteiger partial charge >= 0.3 is 5.97 Å². The van der Waals surface area contributed by atoms with E-state index in [4.69, 9.17) is 14.2 Å². The van der Waals surface area contributed by atoms with Gasteiger partial charge in [0.05, 0.1) is 12.2 Å². The van der Waals surface area contributed by atoms with Crippen LogP contribution in [0.15, 0.2) is 66.7 Å². The molecule has 40 heavy (non-hydrogen) atoms. The predicted molar refractivity (Wildman–Crippen MR) is 155 cm³/mol. The third-order valence-corrected chi connectivity index (χ3v) is 6.84. The molecule has 0 atom stereocenters. The molecule has 3 aromatic carbocycles. The van der Waals surface area contributed by atoms with Gasteiger partial charge in [-0.05, 0) is 100 Å². The fraction of sp³-hybridized carbons (Fsp3) is 0.424. The Bertz CT molecular complexity index is 1300. The quantitative estimate of drug-likeness (QED) is 0.173. The number of carbonyl (C=O) groups excluding carboxylic acids is 3. The summed E-state index contributed by atoms with van der Waals surface area (Å²) in [4.78, 5) is 37.0. The van der Waals surface area contributed by atoms with Gasteiger partial charge in [0.2, 0.25) is 0 Å². The van der Waals surface area contributed by atoms with Crippen LogP contribution < -0.4 is 10.1 Å². The first-order chi connectivity index (χ1) is 19.2. The van der Waals surface area contributed by atoms with Crippen molar-refractivity contribution in [2.24, 2.45) is 0 Å². The van der Waals surface area contributed by atoms with Gasteiger partial charge in [-0.15, -0.1) is 0 Å². The van der Waals surface area contributed by atoms with Crippen LogP contribution in [0, 0.1) is 0 Å². The van der Waals surface area contributed by atoms with Gasteiger partial charge in [0.1, 0.15) is 18.0 Å². The Hall–Kier alpha value is -3.71. The summed E-state index contributed by atoms with van der Waals surface area (Å²) in [5, 5.41) is 5.02. The van der Waals surface area contributed by atoms with Gasteiger partial charge in [0.15, 0.2) is 5.78 Å². The van der Waals surface area contributed by atoms with Crippen molar-refractivity contribution in [3.63, 3.8) is 0 Å². The Kier molecular flexibility index (Phi) is 9.93. The van der Waals surface area contributed by atoms with Gasteiger partial charge in [0.25, 0.3) is 5.91 Å². The number of fused-ring (bicyclic) bond motifs is 1. The van der Waals surface area contributed by atoms with Crippen LogP contribution >= 0.6 is 0 Å². The van der Waals surface area contributed by atoms with Crippen LogP contribution in [0.25, 0.3) is 10.8 Å². The molecule has 3 aromatic rings. The van der Waals surface area contributed by atoms with E-state index in [0.29, 0.717) is 30.5 Å². The third-order valence-electron chi connectivity index (χ3n) is 6.84. The van der Waals surface area contributed by atoms with Crippen LogP contribution in [0.5, 0.6) is 5.75 Å². The third kappa shape index (κ3) is 8.91. The molecule has 4 rings (SSSR count). The summed E-state index contributed by atoms with van der Waals surface area (Å²) < 4.78 is 17.1. The van der Waals surface area contributed by atoms with Crippen molar-refractivity contribution in [3.8, 4) is 5.75 Å². The molecule has 0 radical (unpaired) electrons. The van der Waals surface area contributed by atoms with Crippen LogP contribution in [-0.2, 0) is 14.3 Å². The van der Waals surface area contributed by atoms with Crippen molar-refractivity contribution in [2.75, 3.05) is 13.2 Å². The number of benzene rings is 3. The molecular weight excluding hydrogens is 506 g/mol. The first-order valence-corrected chi connectivity index (χ1v) is 14.1. The van der Waals surface area contributed by atoms with Crippen LogP contribution in [0.4, 0.5) is 0 Å². The summed E-state index contributed by atoms with van der Waals surface area (Å²) in [6, 6.07) is 20.8. The molecule has 0 unspecified atom stereocenters. The first kappa shape index (κ1) is 29.3. The summed E-state index contributed by atoms with van der Waals surface area (Å²) in [5.41, 5.74) is 0.734. The Balaban J connectivity index is 1.13. The SMILES string of the molecule is CC(C)(C)OC(=O)COC1CCC(Oc2ccc(C(=O)CCCNC(=O)c3ccc4ccccc4c3)cc2)CC1. The second kappa shape index (κ2) is 13.6. The van der Waals surface area contributed by atoms with Gasteiger partial charge in [-0.2, -0.15) is 0 Å². The molecule has 1 N–H and O–H groups in total. The molecule has 0 bridgehead atoms. The summed E-state index contributed by atoms with van der Waals surface area (Å²) in [6.45, 7) is 5.92. The summed E-state index contributed by atoms with van der Waals surface area (Å²) in [5.74, 6) is 0.293. The molecule has 1 fully saturated rings. The molecular formula is C33H39NO6. The van der Waals surface area contributed by atoms with Crippen molar-refractivity contribution in [1.82, 2.24) is 5.32 Å². The number of ketones is 1. The van der Waals surface area contributed by atoms with E-state index in [0.717, 1.165) is 42.2 Å². The van der Waals surface area contributed by atoms with Crippen molar-refractivity contribution in [2.45, 2.75) is 77.1 Å². The second-order valence-corrected chi connectivity index (χ2v) is 11.3. The molecule has 1 aliphatic rings. The number of amides is 1. The number of esters is 1. The maximum absolute atomic E-state index is 12.6. The highest BCUT2D eigenvalue weighted by molar-refractivity contribution is 5.99. The van der Waals surface area contributed by atoms with Gasteiger partial charge in [-0.25, -0.2) is 4.79 Å². The van der Waals surface area contributed by atoms with Crippen LogP contribution in [0.2, 0.25) is 0 Å². The number of hydrogen-bond donors (Lipinski definition) is 1. The highest BCUT2D eigenvalue weighted by Gasteiger charge is 2.25. The Labute approximate surface area is 236 Å². The fourth-order valence-corrected chi connectivity index (χ4v) is 4.81. The lowest BCUT2D eigenvalue weighted by molar-refractivity contribution is -0.163. The van der Waals surface area contributed by atoms with Gasteiger partial charge in [-0.3, -0.25) is 9.59 Å². The molecule has 0 spiro atoms. The summed E-state index contributed by atoms with van der Waals surface area (Å²) in [7, 11) is 0. The maximum Gasteiger partial charge on any atom is 0.332 e. The van der Waals surface area contributed by atoms with E-state index in [1.165, 1.54) is 0 Å². The molecule has 1 aliphatic carbocycles. The van der Waals surface area contributed by atoms with E-state index in [1.54, 1.807) is 12.1 Å². The Morgan fingerprint density at radius 3 is 2.17 bits per heavy atom. The van der Waals surface area contributed by atoms with E-state index in [1.807, 2.05) is 75.4 Å². The minimum absolute atomic E-state index is 0.0280. The van der Waals surface area contributed by atoms with E-state index in [2.05, 4.69) is 5.32 Å². The molecule has 1 amide bonds. The topological polar surface area (TPSA) is 90.9 Å². The smallest absolute Gasteiger partial charge is 0.332 e. The van der Waals surface area contributed by atoms with E-state index < -0.39 is 5.60 Å². The summed E-state index contributed by atoms with van der Waals surface area (Å²) >= 11 is 0. The zero-order valence-corrected chi connectivity index (χ0v) is 23.6. The highest BCUT2D eigenvalue weighted by Crippen LogP contribution is 2.26. The largest absolute Gasteiger partial charge is 0.490 e. The summed E-state index contributed by atoms with van der Waals surface area (Å²) in [6.07, 6.45) is 4.35. The first-order valence-electron chi connectivity index (χ1n) is 14.1. The van der Waals surface area contributed by atoms with Crippen LogP contribution in [-0.4, -0.2) is 48.6 Å². The van der Waals surface area contributed by atoms with Gasteiger partial charge in [-0.1, -0.05) is 30.3 Å². The lowest BCUT2D eigenvalue weighted by Crippen LogP contribution is -2.31. The zero-order chi connectivity index (χ0) is 28.5. The maximum atomic E-state index is 12.6. The molecule has 7 nitrogen and oxygen atoms in total. The number of hydrogen-bond acceptors (Lipinski definition) is 6. The van der Waals surface area contributed by atoms with E-state index >= 15 is 0 Å². The molecule has 1 saturated carbocycles. The van der Waals surface area contributed by atoms with Gasteiger partial charge < -0.3 is 19.5 Å². The monoisotopic (exact) mass is 545 g/mol. The van der Waals surface area contributed by atoms with Crippen molar-refractivity contribution in [3.05, 3.63) is 77.9 Å². The Morgan fingerprint density at radius 2 is 1.48 bits per heavy atom. The molecule has 0 saturated heterocycles. The molecule has 0 aliphatic heterocycles. The lowest BCUT2D eigenvalue weighted by atomic mass is 9.95. The second-order valence-electron chi connectivity index (χ2n) is 11.3. The number of ether oxygens (including phenoxy) is 3. The zero-order valence-electron chi connectivity index (χ0n) is 23.6. The van der Waals surface area contributed by atoms with Crippen molar-refractivity contribution < 1.29 is 28.6 Å². The fourth-order valence-electron chi connectivity index (χ4n) is 4.81. The normalized spacial score (nSPS) is 17.3. The minimum atomic E-state index is -0.511.